The van der Waals surface area contributed by atoms with Crippen LogP contribution in [0.5, 0.6) is 0 Å². The molecule has 35 heavy (non-hydrogen) atoms. The molecule has 10 heteroatoms. The molecule has 0 saturated heterocycles. The average Bonchev–Trinajstić information content (AvgIpc) is 3.31. The first-order valence-corrected chi connectivity index (χ1v) is 11.7. The van der Waals surface area contributed by atoms with Crippen LogP contribution in [0, 0.1) is 17.0 Å². The van der Waals surface area contributed by atoms with E-state index >= 15 is 0 Å². The minimum Gasteiger partial charge on any atom is -0.272 e. The number of hydrazone groups is 1. The van der Waals surface area contributed by atoms with Gasteiger partial charge in [0.05, 0.1) is 16.4 Å². The Kier molecular flexibility index (Phi) is 7.32. The van der Waals surface area contributed by atoms with E-state index in [2.05, 4.69) is 20.7 Å². The lowest BCUT2D eigenvalue weighted by Crippen LogP contribution is -2.21. The highest BCUT2D eigenvalue weighted by atomic mass is 32.2. The number of aromatic nitrogens is 3. The van der Waals surface area contributed by atoms with Gasteiger partial charge in [0.25, 0.3) is 11.6 Å². The molecule has 1 aromatic heterocycles. The van der Waals surface area contributed by atoms with E-state index in [1.807, 2.05) is 66.1 Å². The molecule has 0 aliphatic heterocycles. The summed E-state index contributed by atoms with van der Waals surface area (Å²) >= 11 is 1.26. The first-order valence-electron chi connectivity index (χ1n) is 10.7. The van der Waals surface area contributed by atoms with Crippen LogP contribution in [0.1, 0.15) is 18.1 Å². The van der Waals surface area contributed by atoms with Gasteiger partial charge in [-0.1, -0.05) is 59.8 Å². The van der Waals surface area contributed by atoms with Crippen molar-refractivity contribution in [1.29, 1.82) is 0 Å². The molecule has 0 atom stereocenters. The Balaban J connectivity index is 1.48. The first kappa shape index (κ1) is 23.8. The molecule has 1 heterocycles. The SMILES string of the molecule is CC(=NNC(=O)CSc1nnc(-c2ccccc2)n1-c1ccc(C)cc1)c1ccc([N+](=O)[O-])cc1. The Morgan fingerprint density at radius 1 is 1.03 bits per heavy atom. The van der Waals surface area contributed by atoms with Gasteiger partial charge in [0.1, 0.15) is 0 Å². The maximum absolute atomic E-state index is 12.5. The zero-order valence-electron chi connectivity index (χ0n) is 19.1. The highest BCUT2D eigenvalue weighted by Gasteiger charge is 2.17. The van der Waals surface area contributed by atoms with Crippen LogP contribution < -0.4 is 5.43 Å². The summed E-state index contributed by atoms with van der Waals surface area (Å²) in [6, 6.07) is 23.7. The molecule has 0 radical (unpaired) electrons. The number of amides is 1. The first-order chi connectivity index (χ1) is 16.9. The fourth-order valence-electron chi connectivity index (χ4n) is 3.26. The van der Waals surface area contributed by atoms with Crippen LogP contribution in [0.3, 0.4) is 0 Å². The number of non-ortho nitro benzene ring substituents is 1. The zero-order chi connectivity index (χ0) is 24.8. The number of thioether (sulfide) groups is 1. The predicted octanol–water partition coefficient (Wildman–Crippen LogP) is 4.78. The Morgan fingerprint density at radius 2 is 1.71 bits per heavy atom. The number of hydrogen-bond donors (Lipinski definition) is 1. The van der Waals surface area contributed by atoms with Crippen LogP contribution >= 0.6 is 11.8 Å². The second kappa shape index (κ2) is 10.7. The predicted molar refractivity (Wildman–Crippen MR) is 136 cm³/mol. The molecule has 4 rings (SSSR count). The number of hydrogen-bond acceptors (Lipinski definition) is 7. The lowest BCUT2D eigenvalue weighted by Gasteiger charge is -2.10. The molecule has 0 saturated carbocycles. The summed E-state index contributed by atoms with van der Waals surface area (Å²) in [5, 5.41) is 24.2. The highest BCUT2D eigenvalue weighted by molar-refractivity contribution is 7.99. The molecule has 0 spiro atoms. The van der Waals surface area contributed by atoms with Crippen molar-refractivity contribution >= 4 is 29.1 Å². The molecule has 176 valence electrons. The molecule has 1 amide bonds. The average molecular weight is 487 g/mol. The van der Waals surface area contributed by atoms with Gasteiger partial charge in [-0.05, 0) is 43.7 Å². The van der Waals surface area contributed by atoms with Gasteiger partial charge in [-0.3, -0.25) is 19.5 Å². The molecule has 0 aliphatic carbocycles. The number of benzene rings is 3. The summed E-state index contributed by atoms with van der Waals surface area (Å²) in [5.41, 5.74) is 6.69. The third-order valence-electron chi connectivity index (χ3n) is 5.13. The number of carbonyl (C=O) groups is 1. The van der Waals surface area contributed by atoms with E-state index in [0.717, 1.165) is 16.8 Å². The summed E-state index contributed by atoms with van der Waals surface area (Å²) in [7, 11) is 0. The van der Waals surface area contributed by atoms with Gasteiger partial charge in [0.15, 0.2) is 11.0 Å². The zero-order valence-corrected chi connectivity index (χ0v) is 19.9. The van der Waals surface area contributed by atoms with E-state index in [1.165, 1.54) is 23.9 Å². The molecular weight excluding hydrogens is 464 g/mol. The summed E-state index contributed by atoms with van der Waals surface area (Å²) in [6.45, 7) is 3.74. The van der Waals surface area contributed by atoms with Crippen molar-refractivity contribution < 1.29 is 9.72 Å². The Hall–Kier alpha value is -4.31. The van der Waals surface area contributed by atoms with Crippen molar-refractivity contribution in [2.75, 3.05) is 5.75 Å². The largest absolute Gasteiger partial charge is 0.272 e. The topological polar surface area (TPSA) is 115 Å². The quantitative estimate of drug-likeness (QED) is 0.166. The third kappa shape index (κ3) is 5.79. The molecule has 3 aromatic carbocycles. The van der Waals surface area contributed by atoms with Crippen molar-refractivity contribution in [1.82, 2.24) is 20.2 Å². The minimum atomic E-state index is -0.464. The second-order valence-electron chi connectivity index (χ2n) is 7.67. The molecular formula is C25H22N6O3S. The van der Waals surface area contributed by atoms with Crippen LogP contribution in [-0.2, 0) is 4.79 Å². The van der Waals surface area contributed by atoms with Gasteiger partial charge in [-0.2, -0.15) is 5.10 Å². The van der Waals surface area contributed by atoms with Crippen molar-refractivity contribution in [2.24, 2.45) is 5.10 Å². The Labute approximate surface area is 206 Å². The van der Waals surface area contributed by atoms with Crippen molar-refractivity contribution in [3.05, 3.63) is 100 Å². The normalized spacial score (nSPS) is 11.3. The van der Waals surface area contributed by atoms with Crippen molar-refractivity contribution in [3.63, 3.8) is 0 Å². The van der Waals surface area contributed by atoms with Gasteiger partial charge in [0, 0.05) is 23.4 Å². The van der Waals surface area contributed by atoms with Gasteiger partial charge in [-0.25, -0.2) is 5.43 Å². The fraction of sp³-hybridized carbons (Fsp3) is 0.120. The molecule has 0 aliphatic rings. The van der Waals surface area contributed by atoms with Gasteiger partial charge in [-0.15, -0.1) is 10.2 Å². The number of rotatable bonds is 8. The van der Waals surface area contributed by atoms with E-state index < -0.39 is 4.92 Å². The van der Waals surface area contributed by atoms with Crippen LogP contribution in [-0.4, -0.2) is 37.1 Å². The molecule has 9 nitrogen and oxygen atoms in total. The molecule has 0 bridgehead atoms. The highest BCUT2D eigenvalue weighted by Crippen LogP contribution is 2.28. The maximum Gasteiger partial charge on any atom is 0.269 e. The van der Waals surface area contributed by atoms with Gasteiger partial charge in [0.2, 0.25) is 0 Å². The summed E-state index contributed by atoms with van der Waals surface area (Å²) < 4.78 is 1.93. The Bertz CT molecular complexity index is 1370. The number of carbonyl (C=O) groups excluding carboxylic acids is 1. The number of aryl methyl sites for hydroxylation is 1. The lowest BCUT2D eigenvalue weighted by molar-refractivity contribution is -0.384. The molecule has 4 aromatic rings. The Morgan fingerprint density at radius 3 is 2.37 bits per heavy atom. The summed E-state index contributed by atoms with van der Waals surface area (Å²) in [6.07, 6.45) is 0. The summed E-state index contributed by atoms with van der Waals surface area (Å²) in [5.74, 6) is 0.455. The number of nitrogens with one attached hydrogen (secondary N) is 1. The minimum absolute atomic E-state index is 0.00505. The van der Waals surface area contributed by atoms with E-state index in [0.29, 0.717) is 22.3 Å². The third-order valence-corrected chi connectivity index (χ3v) is 6.06. The smallest absolute Gasteiger partial charge is 0.269 e. The monoisotopic (exact) mass is 486 g/mol. The number of nitro benzene ring substituents is 1. The second-order valence-corrected chi connectivity index (χ2v) is 8.61. The van der Waals surface area contributed by atoms with Crippen LogP contribution in [0.25, 0.3) is 17.1 Å². The van der Waals surface area contributed by atoms with E-state index in [-0.39, 0.29) is 17.3 Å². The van der Waals surface area contributed by atoms with Gasteiger partial charge >= 0.3 is 0 Å². The summed E-state index contributed by atoms with van der Waals surface area (Å²) in [4.78, 5) is 22.8. The van der Waals surface area contributed by atoms with Crippen LogP contribution in [0.2, 0.25) is 0 Å². The van der Waals surface area contributed by atoms with Crippen molar-refractivity contribution in [2.45, 2.75) is 19.0 Å². The number of nitro groups is 1. The standard InChI is InChI=1S/C25H22N6O3S/c1-17-8-12-21(13-9-17)30-24(20-6-4-3-5-7-20)28-29-25(30)35-16-23(32)27-26-18(2)19-10-14-22(15-11-19)31(33)34/h3-15H,16H2,1-2H3,(H,27,32). The van der Waals surface area contributed by atoms with Gasteiger partial charge < -0.3 is 0 Å². The maximum atomic E-state index is 12.5. The van der Waals surface area contributed by atoms with E-state index in [1.54, 1.807) is 19.1 Å². The van der Waals surface area contributed by atoms with E-state index in [9.17, 15) is 14.9 Å². The van der Waals surface area contributed by atoms with Crippen molar-refractivity contribution in [3.8, 4) is 17.1 Å². The van der Waals surface area contributed by atoms with E-state index in [4.69, 9.17) is 0 Å². The van der Waals surface area contributed by atoms with Crippen LogP contribution in [0.4, 0.5) is 5.69 Å². The molecule has 0 fully saturated rings. The molecule has 0 unspecified atom stereocenters. The van der Waals surface area contributed by atoms with Crippen LogP contribution in [0.15, 0.2) is 89.1 Å². The fourth-order valence-corrected chi connectivity index (χ4v) is 4.01. The lowest BCUT2D eigenvalue weighted by atomic mass is 10.1. The number of nitrogens with zero attached hydrogens (tertiary/aromatic N) is 5. The molecule has 1 N–H and O–H groups in total.